The van der Waals surface area contributed by atoms with Gasteiger partial charge in [0.2, 0.25) is 10.0 Å². The molecule has 2 aliphatic rings. The monoisotopic (exact) mass is 385 g/mol. The zero-order valence-electron chi connectivity index (χ0n) is 14.6. The van der Waals surface area contributed by atoms with Crippen LogP contribution in [0.2, 0.25) is 5.02 Å². The molecular weight excluding hydrogens is 362 g/mol. The number of nitrogens with zero attached hydrogens (tertiary/aromatic N) is 1. The zero-order chi connectivity index (χ0) is 18.2. The van der Waals surface area contributed by atoms with Crippen LogP contribution < -0.4 is 0 Å². The van der Waals surface area contributed by atoms with Gasteiger partial charge in [0, 0.05) is 12.6 Å². The molecule has 0 spiro atoms. The minimum atomic E-state index is -3.76. The maximum Gasteiger partial charge on any atom is 0.337 e. The number of carbonyl (C=O) groups excluding carboxylic acids is 1. The molecule has 0 bridgehead atoms. The molecule has 1 aliphatic carbocycles. The second-order valence-corrected chi connectivity index (χ2v) is 9.30. The predicted octanol–water partition coefficient (Wildman–Crippen LogP) is 3.72. The van der Waals surface area contributed by atoms with E-state index in [2.05, 4.69) is 6.92 Å². The van der Waals surface area contributed by atoms with Crippen LogP contribution >= 0.6 is 11.6 Å². The Hall–Kier alpha value is -1.11. The number of ether oxygens (including phenoxy) is 1. The predicted molar refractivity (Wildman–Crippen MR) is 96.2 cm³/mol. The quantitative estimate of drug-likeness (QED) is 0.744. The molecule has 1 saturated heterocycles. The van der Waals surface area contributed by atoms with E-state index in [9.17, 15) is 13.2 Å². The van der Waals surface area contributed by atoms with E-state index in [0.717, 1.165) is 32.1 Å². The second kappa shape index (κ2) is 7.25. The van der Waals surface area contributed by atoms with Gasteiger partial charge < -0.3 is 4.74 Å². The number of carbonyl (C=O) groups is 1. The Morgan fingerprint density at radius 2 is 1.96 bits per heavy atom. The Labute approximate surface area is 154 Å². The standard InChI is InChI=1S/C18H24ClNO4S/c1-12-9-10-20(16-6-4-3-5-14(12)16)25(22,23)17-11-13(18(21)24-2)7-8-15(17)19/h7-8,11-12,14,16H,3-6,9-10H2,1-2H3. The van der Waals surface area contributed by atoms with Crippen molar-refractivity contribution in [2.45, 2.75) is 50.0 Å². The number of hydrogen-bond acceptors (Lipinski definition) is 4. The number of benzene rings is 1. The third-order valence-electron chi connectivity index (χ3n) is 5.63. The van der Waals surface area contributed by atoms with Crippen LogP contribution in [0.25, 0.3) is 0 Å². The Balaban J connectivity index is 2.00. The van der Waals surface area contributed by atoms with Gasteiger partial charge in [-0.1, -0.05) is 31.4 Å². The van der Waals surface area contributed by atoms with Crippen LogP contribution in [0.3, 0.4) is 0 Å². The normalized spacial score (nSPS) is 27.6. The molecule has 25 heavy (non-hydrogen) atoms. The van der Waals surface area contributed by atoms with E-state index in [1.165, 1.54) is 25.3 Å². The van der Waals surface area contributed by atoms with Crippen LogP contribution in [0, 0.1) is 11.8 Å². The van der Waals surface area contributed by atoms with Crippen molar-refractivity contribution < 1.29 is 17.9 Å². The largest absolute Gasteiger partial charge is 0.465 e. The molecule has 138 valence electrons. The molecular formula is C18H24ClNO4S. The van der Waals surface area contributed by atoms with E-state index in [1.807, 2.05) is 0 Å². The number of sulfonamides is 1. The zero-order valence-corrected chi connectivity index (χ0v) is 16.1. The Morgan fingerprint density at radius 3 is 2.68 bits per heavy atom. The van der Waals surface area contributed by atoms with Gasteiger partial charge in [-0.3, -0.25) is 0 Å². The molecule has 0 amide bonds. The molecule has 3 rings (SSSR count). The summed E-state index contributed by atoms with van der Waals surface area (Å²) in [5.74, 6) is 0.365. The lowest BCUT2D eigenvalue weighted by Gasteiger charge is -2.46. The molecule has 5 nitrogen and oxygen atoms in total. The molecule has 0 aromatic heterocycles. The van der Waals surface area contributed by atoms with Crippen molar-refractivity contribution >= 4 is 27.6 Å². The number of methoxy groups -OCH3 is 1. The van der Waals surface area contributed by atoms with E-state index in [-0.39, 0.29) is 21.5 Å². The summed E-state index contributed by atoms with van der Waals surface area (Å²) in [4.78, 5) is 11.8. The molecule has 3 unspecified atom stereocenters. The van der Waals surface area contributed by atoms with Crippen LogP contribution in [-0.4, -0.2) is 38.4 Å². The van der Waals surface area contributed by atoms with Crippen LogP contribution in [0.5, 0.6) is 0 Å². The lowest BCUT2D eigenvalue weighted by atomic mass is 9.74. The Morgan fingerprint density at radius 1 is 1.24 bits per heavy atom. The number of rotatable bonds is 3. The van der Waals surface area contributed by atoms with Crippen molar-refractivity contribution in [3.8, 4) is 0 Å². The maximum atomic E-state index is 13.3. The summed E-state index contributed by atoms with van der Waals surface area (Å²) < 4.78 is 33.0. The summed E-state index contributed by atoms with van der Waals surface area (Å²) in [5.41, 5.74) is 0.191. The smallest absolute Gasteiger partial charge is 0.337 e. The molecule has 1 saturated carbocycles. The molecule has 0 N–H and O–H groups in total. The van der Waals surface area contributed by atoms with E-state index in [4.69, 9.17) is 16.3 Å². The second-order valence-electron chi connectivity index (χ2n) is 7.03. The molecule has 1 aliphatic heterocycles. The number of esters is 1. The average molecular weight is 386 g/mol. The first kappa shape index (κ1) is 18.7. The molecule has 2 fully saturated rings. The van der Waals surface area contributed by atoms with Crippen molar-refractivity contribution in [2.75, 3.05) is 13.7 Å². The Bertz CT molecular complexity index is 764. The number of piperidine rings is 1. The molecule has 1 heterocycles. The first-order valence-corrected chi connectivity index (χ1v) is 10.6. The van der Waals surface area contributed by atoms with E-state index < -0.39 is 16.0 Å². The van der Waals surface area contributed by atoms with Crippen molar-refractivity contribution in [1.82, 2.24) is 4.31 Å². The van der Waals surface area contributed by atoms with Gasteiger partial charge in [-0.2, -0.15) is 4.31 Å². The van der Waals surface area contributed by atoms with Gasteiger partial charge in [-0.25, -0.2) is 13.2 Å². The Kier molecular flexibility index (Phi) is 5.42. The highest BCUT2D eigenvalue weighted by atomic mass is 35.5. The van der Waals surface area contributed by atoms with Crippen LogP contribution in [0.15, 0.2) is 23.1 Å². The van der Waals surface area contributed by atoms with Crippen LogP contribution in [0.1, 0.15) is 49.4 Å². The average Bonchev–Trinajstić information content (AvgIpc) is 2.61. The molecule has 7 heteroatoms. The van der Waals surface area contributed by atoms with Crippen molar-refractivity contribution in [2.24, 2.45) is 11.8 Å². The fourth-order valence-electron chi connectivity index (χ4n) is 4.24. The number of fused-ring (bicyclic) bond motifs is 1. The van der Waals surface area contributed by atoms with Crippen molar-refractivity contribution in [3.05, 3.63) is 28.8 Å². The van der Waals surface area contributed by atoms with E-state index in [0.29, 0.717) is 18.4 Å². The van der Waals surface area contributed by atoms with E-state index >= 15 is 0 Å². The summed E-state index contributed by atoms with van der Waals surface area (Å²) in [6.07, 6.45) is 5.04. The highest BCUT2D eigenvalue weighted by Crippen LogP contribution is 2.41. The molecule has 1 aromatic carbocycles. The van der Waals surface area contributed by atoms with Gasteiger partial charge in [-0.05, 0) is 49.3 Å². The highest BCUT2D eigenvalue weighted by molar-refractivity contribution is 7.89. The molecule has 3 atom stereocenters. The lowest BCUT2D eigenvalue weighted by molar-refractivity contribution is 0.0600. The van der Waals surface area contributed by atoms with Crippen molar-refractivity contribution in [3.63, 3.8) is 0 Å². The van der Waals surface area contributed by atoms with Crippen molar-refractivity contribution in [1.29, 1.82) is 0 Å². The molecule has 0 radical (unpaired) electrons. The topological polar surface area (TPSA) is 63.7 Å². The van der Waals surface area contributed by atoms with Gasteiger partial charge in [0.1, 0.15) is 4.90 Å². The summed E-state index contributed by atoms with van der Waals surface area (Å²) >= 11 is 6.19. The van der Waals surface area contributed by atoms with Gasteiger partial charge >= 0.3 is 5.97 Å². The van der Waals surface area contributed by atoms with Crippen LogP contribution in [-0.2, 0) is 14.8 Å². The number of hydrogen-bond donors (Lipinski definition) is 0. The van der Waals surface area contributed by atoms with Gasteiger partial charge in [-0.15, -0.1) is 0 Å². The van der Waals surface area contributed by atoms with E-state index in [1.54, 1.807) is 4.31 Å². The van der Waals surface area contributed by atoms with Gasteiger partial charge in [0.15, 0.2) is 0 Å². The first-order chi connectivity index (χ1) is 11.9. The highest BCUT2D eigenvalue weighted by Gasteiger charge is 2.43. The first-order valence-electron chi connectivity index (χ1n) is 8.76. The van der Waals surface area contributed by atoms with Gasteiger partial charge in [0.25, 0.3) is 0 Å². The summed E-state index contributed by atoms with van der Waals surface area (Å²) in [6.45, 7) is 2.72. The fourth-order valence-corrected chi connectivity index (χ4v) is 6.46. The fraction of sp³-hybridized carbons (Fsp3) is 0.611. The third-order valence-corrected chi connectivity index (χ3v) is 8.03. The van der Waals surface area contributed by atoms with Gasteiger partial charge in [0.05, 0.1) is 17.7 Å². The maximum absolute atomic E-state index is 13.3. The third kappa shape index (κ3) is 3.44. The minimum Gasteiger partial charge on any atom is -0.465 e. The summed E-state index contributed by atoms with van der Waals surface area (Å²) in [5, 5.41) is 0.138. The SMILES string of the molecule is COC(=O)c1ccc(Cl)c(S(=O)(=O)N2CCC(C)C3CCCCC32)c1. The number of halogens is 1. The van der Waals surface area contributed by atoms with Crippen LogP contribution in [0.4, 0.5) is 0 Å². The lowest BCUT2D eigenvalue weighted by Crippen LogP contribution is -2.52. The molecule has 1 aromatic rings. The summed E-state index contributed by atoms with van der Waals surface area (Å²) in [6, 6.07) is 4.29. The summed E-state index contributed by atoms with van der Waals surface area (Å²) in [7, 11) is -2.49. The minimum absolute atomic E-state index is 0.00376.